The number of anilines is 1. The van der Waals surface area contributed by atoms with E-state index in [0.29, 0.717) is 5.03 Å². The molecule has 0 unspecified atom stereocenters. The number of halogens is 1. The smallest absolute Gasteiger partial charge is 0.256 e. The third-order valence-corrected chi connectivity index (χ3v) is 3.27. The van der Waals surface area contributed by atoms with Crippen LogP contribution in [0.5, 0.6) is 0 Å². The van der Waals surface area contributed by atoms with Crippen molar-refractivity contribution in [3.8, 4) is 0 Å². The maximum absolute atomic E-state index is 13.0. The van der Waals surface area contributed by atoms with E-state index in [1.54, 1.807) is 6.07 Å². The van der Waals surface area contributed by atoms with Crippen molar-refractivity contribution in [2.24, 2.45) is 5.73 Å². The third-order valence-electron chi connectivity index (χ3n) is 2.33. The number of carbonyl (C=O) groups excluding carboxylic acids is 2. The number of aromatic nitrogens is 2. The SMILES string of the molecule is NC(=O)CSc1ccc(NC(=O)c2cccc(F)c2)nn1. The van der Waals surface area contributed by atoms with Gasteiger partial charge in [0.1, 0.15) is 10.8 Å². The molecule has 2 aromatic rings. The van der Waals surface area contributed by atoms with Crippen molar-refractivity contribution in [2.45, 2.75) is 5.03 Å². The molecule has 1 heterocycles. The van der Waals surface area contributed by atoms with Crippen molar-refractivity contribution >= 4 is 29.4 Å². The van der Waals surface area contributed by atoms with E-state index in [1.165, 1.54) is 24.3 Å². The van der Waals surface area contributed by atoms with E-state index in [0.717, 1.165) is 17.8 Å². The summed E-state index contributed by atoms with van der Waals surface area (Å²) >= 11 is 1.14. The van der Waals surface area contributed by atoms with Crippen LogP contribution in [0.4, 0.5) is 10.2 Å². The van der Waals surface area contributed by atoms with Crippen LogP contribution >= 0.6 is 11.8 Å². The number of carbonyl (C=O) groups is 2. The quantitative estimate of drug-likeness (QED) is 0.815. The van der Waals surface area contributed by atoms with Crippen LogP contribution in [-0.4, -0.2) is 27.8 Å². The molecule has 0 atom stereocenters. The van der Waals surface area contributed by atoms with Crippen molar-refractivity contribution in [1.82, 2.24) is 10.2 Å². The van der Waals surface area contributed by atoms with Crippen molar-refractivity contribution in [3.05, 3.63) is 47.8 Å². The van der Waals surface area contributed by atoms with Crippen molar-refractivity contribution in [2.75, 3.05) is 11.1 Å². The van der Waals surface area contributed by atoms with Crippen LogP contribution in [-0.2, 0) is 4.79 Å². The van der Waals surface area contributed by atoms with E-state index in [-0.39, 0.29) is 17.1 Å². The molecule has 0 aliphatic carbocycles. The molecule has 8 heteroatoms. The Morgan fingerprint density at radius 2 is 2.05 bits per heavy atom. The molecule has 1 aromatic heterocycles. The Bertz CT molecular complexity index is 663. The first kappa shape index (κ1) is 14.9. The van der Waals surface area contributed by atoms with Gasteiger partial charge >= 0.3 is 0 Å². The molecule has 0 radical (unpaired) electrons. The second kappa shape index (κ2) is 6.80. The van der Waals surface area contributed by atoms with Crippen LogP contribution in [0.2, 0.25) is 0 Å². The summed E-state index contributed by atoms with van der Waals surface area (Å²) in [5, 5.41) is 10.6. The lowest BCUT2D eigenvalue weighted by atomic mass is 10.2. The molecule has 0 spiro atoms. The first-order chi connectivity index (χ1) is 10.0. The molecule has 0 bridgehead atoms. The fourth-order valence-electron chi connectivity index (χ4n) is 1.43. The molecular weight excluding hydrogens is 295 g/mol. The van der Waals surface area contributed by atoms with E-state index in [4.69, 9.17) is 5.73 Å². The minimum absolute atomic E-state index is 0.101. The molecule has 0 aliphatic rings. The fourth-order valence-corrected chi connectivity index (χ4v) is 1.98. The van der Waals surface area contributed by atoms with Crippen LogP contribution in [0.15, 0.2) is 41.4 Å². The van der Waals surface area contributed by atoms with Gasteiger partial charge < -0.3 is 11.1 Å². The average molecular weight is 306 g/mol. The summed E-state index contributed by atoms with van der Waals surface area (Å²) in [4.78, 5) is 22.5. The number of amides is 2. The Kier molecular flexibility index (Phi) is 4.83. The lowest BCUT2D eigenvalue weighted by molar-refractivity contribution is -0.115. The molecule has 6 nitrogen and oxygen atoms in total. The van der Waals surface area contributed by atoms with Gasteiger partial charge in [0.2, 0.25) is 5.91 Å². The molecule has 0 saturated carbocycles. The van der Waals surface area contributed by atoms with Gasteiger partial charge in [-0.15, -0.1) is 10.2 Å². The van der Waals surface area contributed by atoms with Gasteiger partial charge in [0, 0.05) is 5.56 Å². The van der Waals surface area contributed by atoms with Gasteiger partial charge in [-0.3, -0.25) is 9.59 Å². The summed E-state index contributed by atoms with van der Waals surface area (Å²) in [6.45, 7) is 0. The first-order valence-corrected chi connectivity index (χ1v) is 6.85. The Morgan fingerprint density at radius 3 is 2.67 bits per heavy atom. The summed E-state index contributed by atoms with van der Waals surface area (Å²) in [7, 11) is 0. The van der Waals surface area contributed by atoms with Gasteiger partial charge in [0.15, 0.2) is 5.82 Å². The average Bonchev–Trinajstić information content (AvgIpc) is 2.46. The minimum Gasteiger partial charge on any atom is -0.369 e. The summed E-state index contributed by atoms with van der Waals surface area (Å²) in [6, 6.07) is 8.44. The van der Waals surface area contributed by atoms with Crippen LogP contribution < -0.4 is 11.1 Å². The van der Waals surface area contributed by atoms with Gasteiger partial charge in [-0.2, -0.15) is 0 Å². The summed E-state index contributed by atoms with van der Waals surface area (Å²) in [6.07, 6.45) is 0. The van der Waals surface area contributed by atoms with Gasteiger partial charge in [-0.1, -0.05) is 17.8 Å². The second-order valence-corrected chi connectivity index (χ2v) is 4.97. The van der Waals surface area contributed by atoms with Gasteiger partial charge in [-0.25, -0.2) is 4.39 Å². The van der Waals surface area contributed by atoms with Crippen molar-refractivity contribution < 1.29 is 14.0 Å². The number of benzene rings is 1. The van der Waals surface area contributed by atoms with Crippen LogP contribution in [0, 0.1) is 5.82 Å². The van der Waals surface area contributed by atoms with E-state index in [9.17, 15) is 14.0 Å². The normalized spacial score (nSPS) is 10.1. The largest absolute Gasteiger partial charge is 0.369 e. The molecule has 0 aliphatic heterocycles. The number of primary amides is 1. The third kappa shape index (κ3) is 4.53. The minimum atomic E-state index is -0.494. The van der Waals surface area contributed by atoms with Gasteiger partial charge in [-0.05, 0) is 30.3 Å². The highest BCUT2D eigenvalue weighted by atomic mass is 32.2. The molecule has 0 fully saturated rings. The van der Waals surface area contributed by atoms with Crippen molar-refractivity contribution in [3.63, 3.8) is 0 Å². The van der Waals surface area contributed by atoms with Crippen LogP contribution in [0.25, 0.3) is 0 Å². The number of hydrogen-bond acceptors (Lipinski definition) is 5. The number of nitrogens with one attached hydrogen (secondary N) is 1. The van der Waals surface area contributed by atoms with Crippen molar-refractivity contribution in [1.29, 1.82) is 0 Å². The van der Waals surface area contributed by atoms with E-state index in [1.807, 2.05) is 0 Å². The molecule has 1 aromatic carbocycles. The number of nitrogens with zero attached hydrogens (tertiary/aromatic N) is 2. The number of rotatable bonds is 5. The maximum Gasteiger partial charge on any atom is 0.256 e. The molecule has 0 saturated heterocycles. The number of thioether (sulfide) groups is 1. The Morgan fingerprint density at radius 1 is 1.24 bits per heavy atom. The predicted octanol–water partition coefficient (Wildman–Crippen LogP) is 1.45. The topological polar surface area (TPSA) is 98.0 Å². The molecule has 2 amide bonds. The first-order valence-electron chi connectivity index (χ1n) is 5.86. The summed E-state index contributed by atoms with van der Waals surface area (Å²) < 4.78 is 13.0. The van der Waals surface area contributed by atoms with Gasteiger partial charge in [0.25, 0.3) is 5.91 Å². The lowest BCUT2D eigenvalue weighted by Crippen LogP contribution is -2.14. The highest BCUT2D eigenvalue weighted by Gasteiger charge is 2.08. The predicted molar refractivity (Wildman–Crippen MR) is 76.3 cm³/mol. The van der Waals surface area contributed by atoms with E-state index in [2.05, 4.69) is 15.5 Å². The van der Waals surface area contributed by atoms with Gasteiger partial charge in [0.05, 0.1) is 5.75 Å². The molecule has 108 valence electrons. The highest BCUT2D eigenvalue weighted by Crippen LogP contribution is 2.15. The van der Waals surface area contributed by atoms with Crippen LogP contribution in [0.1, 0.15) is 10.4 Å². The zero-order valence-electron chi connectivity index (χ0n) is 10.7. The molecular formula is C13H11FN4O2S. The summed E-state index contributed by atoms with van der Waals surface area (Å²) in [5.41, 5.74) is 5.20. The number of nitrogens with two attached hydrogens (primary N) is 1. The molecule has 3 N–H and O–H groups in total. The zero-order chi connectivity index (χ0) is 15.2. The molecule has 21 heavy (non-hydrogen) atoms. The second-order valence-electron chi connectivity index (χ2n) is 3.98. The molecule has 2 rings (SSSR count). The van der Waals surface area contributed by atoms with Crippen LogP contribution in [0.3, 0.4) is 0 Å². The Hall–Kier alpha value is -2.48. The standard InChI is InChI=1S/C13H11FN4O2S/c14-9-3-1-2-8(6-9)13(20)16-11-4-5-12(18-17-11)21-7-10(15)19/h1-6H,7H2,(H2,15,19)(H,16,17,20). The monoisotopic (exact) mass is 306 g/mol. The highest BCUT2D eigenvalue weighted by molar-refractivity contribution is 7.99. The maximum atomic E-state index is 13.0. The zero-order valence-corrected chi connectivity index (χ0v) is 11.6. The van der Waals surface area contributed by atoms with E-state index >= 15 is 0 Å². The Balaban J connectivity index is 2.00. The lowest BCUT2D eigenvalue weighted by Gasteiger charge is -2.04. The Labute approximate surface area is 123 Å². The van der Waals surface area contributed by atoms with E-state index < -0.39 is 17.6 Å². The fraction of sp³-hybridized carbons (Fsp3) is 0.0769. The summed E-state index contributed by atoms with van der Waals surface area (Å²) in [5.74, 6) is -1.10. The number of hydrogen-bond donors (Lipinski definition) is 2.